The smallest absolute Gasteiger partial charge is 0.139 e. The minimum Gasteiger partial charge on any atom is -0.323 e. The van der Waals surface area contributed by atoms with Crippen LogP contribution in [0, 0.1) is 5.82 Å². The molecule has 0 bridgehead atoms. The molecule has 2 heterocycles. The van der Waals surface area contributed by atoms with E-state index >= 15 is 0 Å². The third-order valence-electron chi connectivity index (χ3n) is 1.90. The SMILES string of the molecule is C[C@H](N)c1cn2cc(F)ccc2n1. The minimum atomic E-state index is -0.277. The fourth-order valence-corrected chi connectivity index (χ4v) is 1.20. The van der Waals surface area contributed by atoms with Gasteiger partial charge < -0.3 is 10.1 Å². The van der Waals surface area contributed by atoms with E-state index in [0.717, 1.165) is 5.69 Å². The van der Waals surface area contributed by atoms with E-state index in [1.54, 1.807) is 16.7 Å². The summed E-state index contributed by atoms with van der Waals surface area (Å²) >= 11 is 0. The van der Waals surface area contributed by atoms with Gasteiger partial charge in [-0.1, -0.05) is 0 Å². The van der Waals surface area contributed by atoms with E-state index in [-0.39, 0.29) is 11.9 Å². The number of nitrogens with zero attached hydrogens (tertiary/aromatic N) is 2. The molecule has 13 heavy (non-hydrogen) atoms. The van der Waals surface area contributed by atoms with Crippen molar-refractivity contribution >= 4 is 5.65 Å². The molecule has 4 heteroatoms. The predicted octanol–water partition coefficient (Wildman–Crippen LogP) is 1.49. The molecular formula is C9H10FN3. The number of pyridine rings is 1. The molecule has 68 valence electrons. The second-order valence-electron chi connectivity index (χ2n) is 3.07. The van der Waals surface area contributed by atoms with Crippen LogP contribution in [0.25, 0.3) is 5.65 Å². The van der Waals surface area contributed by atoms with Gasteiger partial charge in [0.25, 0.3) is 0 Å². The van der Waals surface area contributed by atoms with Crippen LogP contribution in [-0.2, 0) is 0 Å². The van der Waals surface area contributed by atoms with Gasteiger partial charge in [0.15, 0.2) is 0 Å². The van der Waals surface area contributed by atoms with Crippen molar-refractivity contribution in [2.75, 3.05) is 0 Å². The molecule has 2 N–H and O–H groups in total. The number of hydrogen-bond donors (Lipinski definition) is 1. The van der Waals surface area contributed by atoms with Gasteiger partial charge >= 0.3 is 0 Å². The maximum absolute atomic E-state index is 12.8. The van der Waals surface area contributed by atoms with Crippen molar-refractivity contribution in [1.29, 1.82) is 0 Å². The van der Waals surface area contributed by atoms with Gasteiger partial charge in [0.2, 0.25) is 0 Å². The molecule has 2 aromatic heterocycles. The lowest BCUT2D eigenvalue weighted by Crippen LogP contribution is -2.04. The fourth-order valence-electron chi connectivity index (χ4n) is 1.20. The van der Waals surface area contributed by atoms with Crippen LogP contribution in [0.15, 0.2) is 24.5 Å². The molecule has 1 atom stereocenters. The van der Waals surface area contributed by atoms with Gasteiger partial charge in [-0.2, -0.15) is 0 Å². The zero-order chi connectivity index (χ0) is 9.42. The third kappa shape index (κ3) is 1.40. The van der Waals surface area contributed by atoms with Crippen LogP contribution in [0.3, 0.4) is 0 Å². The van der Waals surface area contributed by atoms with Gasteiger partial charge in [0, 0.05) is 18.4 Å². The fraction of sp³-hybridized carbons (Fsp3) is 0.222. The van der Waals surface area contributed by atoms with Crippen molar-refractivity contribution in [1.82, 2.24) is 9.38 Å². The van der Waals surface area contributed by atoms with E-state index in [0.29, 0.717) is 5.65 Å². The van der Waals surface area contributed by atoms with Gasteiger partial charge in [-0.15, -0.1) is 0 Å². The van der Waals surface area contributed by atoms with E-state index in [4.69, 9.17) is 5.73 Å². The number of aromatic nitrogens is 2. The second-order valence-corrected chi connectivity index (χ2v) is 3.07. The Morgan fingerprint density at radius 2 is 2.23 bits per heavy atom. The van der Waals surface area contributed by atoms with Gasteiger partial charge in [0.05, 0.1) is 5.69 Å². The predicted molar refractivity (Wildman–Crippen MR) is 47.8 cm³/mol. The van der Waals surface area contributed by atoms with Crippen molar-refractivity contribution in [2.24, 2.45) is 5.73 Å². The minimum absolute atomic E-state index is 0.122. The summed E-state index contributed by atoms with van der Waals surface area (Å²) in [6.45, 7) is 1.85. The highest BCUT2D eigenvalue weighted by atomic mass is 19.1. The Labute approximate surface area is 75.0 Å². The standard InChI is InChI=1S/C9H10FN3/c1-6(11)8-5-13-4-7(10)2-3-9(13)12-8/h2-6H,11H2,1H3/t6-/m0/s1. The molecule has 2 aromatic rings. The van der Waals surface area contributed by atoms with Crippen molar-refractivity contribution < 1.29 is 4.39 Å². The van der Waals surface area contributed by atoms with Crippen LogP contribution in [0.4, 0.5) is 4.39 Å². The number of nitrogens with two attached hydrogens (primary N) is 1. The molecule has 0 saturated carbocycles. The Hall–Kier alpha value is -1.42. The Morgan fingerprint density at radius 1 is 1.46 bits per heavy atom. The van der Waals surface area contributed by atoms with E-state index in [9.17, 15) is 4.39 Å². The number of imidazole rings is 1. The van der Waals surface area contributed by atoms with Crippen molar-refractivity contribution in [3.63, 3.8) is 0 Å². The van der Waals surface area contributed by atoms with Crippen LogP contribution in [0.2, 0.25) is 0 Å². The average Bonchev–Trinajstić information content (AvgIpc) is 2.46. The monoisotopic (exact) mass is 179 g/mol. The van der Waals surface area contributed by atoms with Crippen LogP contribution in [-0.4, -0.2) is 9.38 Å². The first-order valence-corrected chi connectivity index (χ1v) is 4.06. The molecular weight excluding hydrogens is 169 g/mol. The number of fused-ring (bicyclic) bond motifs is 1. The second kappa shape index (κ2) is 2.81. The molecule has 0 radical (unpaired) electrons. The summed E-state index contributed by atoms with van der Waals surface area (Å²) in [5.41, 5.74) is 7.13. The van der Waals surface area contributed by atoms with Crippen LogP contribution in [0.1, 0.15) is 18.7 Å². The van der Waals surface area contributed by atoms with Gasteiger partial charge in [-0.3, -0.25) is 0 Å². The number of hydrogen-bond acceptors (Lipinski definition) is 2. The zero-order valence-corrected chi connectivity index (χ0v) is 7.24. The van der Waals surface area contributed by atoms with Crippen molar-refractivity contribution in [3.05, 3.63) is 36.0 Å². The van der Waals surface area contributed by atoms with E-state index in [1.165, 1.54) is 12.3 Å². The molecule has 0 unspecified atom stereocenters. The number of rotatable bonds is 1. The van der Waals surface area contributed by atoms with Gasteiger partial charge in [0.1, 0.15) is 11.5 Å². The summed E-state index contributed by atoms with van der Waals surface area (Å²) in [4.78, 5) is 4.22. The van der Waals surface area contributed by atoms with E-state index in [2.05, 4.69) is 4.98 Å². The van der Waals surface area contributed by atoms with E-state index < -0.39 is 0 Å². The average molecular weight is 179 g/mol. The third-order valence-corrected chi connectivity index (χ3v) is 1.90. The Kier molecular flexibility index (Phi) is 1.77. The summed E-state index contributed by atoms with van der Waals surface area (Å²) in [5, 5.41) is 0. The molecule has 0 aliphatic rings. The first kappa shape index (κ1) is 8.19. The lowest BCUT2D eigenvalue weighted by molar-refractivity contribution is 0.619. The van der Waals surface area contributed by atoms with Crippen molar-refractivity contribution in [2.45, 2.75) is 13.0 Å². The molecule has 0 aromatic carbocycles. The Bertz CT molecular complexity index is 433. The molecule has 0 fully saturated rings. The maximum Gasteiger partial charge on any atom is 0.139 e. The number of halogens is 1. The van der Waals surface area contributed by atoms with Crippen LogP contribution in [0.5, 0.6) is 0 Å². The first-order valence-electron chi connectivity index (χ1n) is 4.06. The molecule has 0 aliphatic heterocycles. The largest absolute Gasteiger partial charge is 0.323 e. The highest BCUT2D eigenvalue weighted by molar-refractivity contribution is 5.40. The maximum atomic E-state index is 12.8. The quantitative estimate of drug-likeness (QED) is 0.720. The summed E-state index contributed by atoms with van der Waals surface area (Å²) in [7, 11) is 0. The highest BCUT2D eigenvalue weighted by Gasteiger charge is 2.05. The molecule has 3 nitrogen and oxygen atoms in total. The van der Waals surface area contributed by atoms with Crippen molar-refractivity contribution in [3.8, 4) is 0 Å². The first-order chi connectivity index (χ1) is 6.16. The summed E-state index contributed by atoms with van der Waals surface area (Å²) in [6, 6.07) is 2.89. The van der Waals surface area contributed by atoms with Gasteiger partial charge in [-0.05, 0) is 19.1 Å². The zero-order valence-electron chi connectivity index (χ0n) is 7.24. The molecule has 2 rings (SSSR count). The lowest BCUT2D eigenvalue weighted by atomic mass is 10.3. The molecule has 0 saturated heterocycles. The topological polar surface area (TPSA) is 43.3 Å². The summed E-state index contributed by atoms with van der Waals surface area (Å²) < 4.78 is 14.4. The van der Waals surface area contributed by atoms with Crippen LogP contribution >= 0.6 is 0 Å². The summed E-state index contributed by atoms with van der Waals surface area (Å²) in [5.74, 6) is -0.277. The molecule has 0 spiro atoms. The van der Waals surface area contributed by atoms with E-state index in [1.807, 2.05) is 6.92 Å². The lowest BCUT2D eigenvalue weighted by Gasteiger charge is -1.95. The molecule has 0 amide bonds. The Morgan fingerprint density at radius 3 is 2.92 bits per heavy atom. The Balaban J connectivity index is 2.62. The summed E-state index contributed by atoms with van der Waals surface area (Å²) in [6.07, 6.45) is 3.12. The normalized spacial score (nSPS) is 13.5. The highest BCUT2D eigenvalue weighted by Crippen LogP contribution is 2.11. The molecule has 0 aliphatic carbocycles. The van der Waals surface area contributed by atoms with Gasteiger partial charge in [-0.25, -0.2) is 9.37 Å². The van der Waals surface area contributed by atoms with Crippen LogP contribution < -0.4 is 5.73 Å².